The molecular weight excluding hydrogens is 231 g/mol. The topological polar surface area (TPSA) is 21.3 Å². The molecule has 2 heterocycles. The molecule has 2 aliphatic rings. The second-order valence-electron chi connectivity index (χ2n) is 4.66. The number of hydrogen-bond acceptors (Lipinski definition) is 2. The van der Waals surface area contributed by atoms with Gasteiger partial charge in [-0.05, 0) is 18.1 Å². The van der Waals surface area contributed by atoms with Crippen LogP contribution in [0.2, 0.25) is 0 Å². The molecule has 0 aromatic heterocycles. The van der Waals surface area contributed by atoms with Crippen LogP contribution in [0.1, 0.15) is 17.5 Å². The van der Waals surface area contributed by atoms with E-state index in [9.17, 15) is 13.2 Å². The number of anilines is 1. The van der Waals surface area contributed by atoms with Crippen molar-refractivity contribution < 1.29 is 17.9 Å². The van der Waals surface area contributed by atoms with Crippen LogP contribution in [0.15, 0.2) is 18.2 Å². The number of benzene rings is 1. The predicted octanol–water partition coefficient (Wildman–Crippen LogP) is 2.79. The Morgan fingerprint density at radius 1 is 1.29 bits per heavy atom. The summed E-state index contributed by atoms with van der Waals surface area (Å²) in [5.74, 6) is 0. The Balaban J connectivity index is 2.12. The third kappa shape index (κ3) is 1.52. The van der Waals surface area contributed by atoms with Crippen LogP contribution in [0, 0.1) is 0 Å². The molecule has 1 aromatic rings. The Kier molecular flexibility index (Phi) is 2.17. The minimum atomic E-state index is -4.30. The summed E-state index contributed by atoms with van der Waals surface area (Å²) in [6.45, 7) is 1.67. The molecular formula is C12H12F3NO. The Morgan fingerprint density at radius 2 is 2.12 bits per heavy atom. The highest BCUT2D eigenvalue weighted by molar-refractivity contribution is 5.66. The average Bonchev–Trinajstić information content (AvgIpc) is 2.87. The molecule has 0 radical (unpaired) electrons. The molecule has 2 nitrogen and oxygen atoms in total. The quantitative estimate of drug-likeness (QED) is 0.756. The molecule has 1 atom stereocenters. The van der Waals surface area contributed by atoms with Gasteiger partial charge in [0.05, 0.1) is 17.9 Å². The zero-order chi connectivity index (χ0) is 12.1. The highest BCUT2D eigenvalue weighted by Gasteiger charge is 2.46. The van der Waals surface area contributed by atoms with Crippen molar-refractivity contribution in [2.45, 2.75) is 18.0 Å². The van der Waals surface area contributed by atoms with Gasteiger partial charge in [0.2, 0.25) is 0 Å². The summed E-state index contributed by atoms with van der Waals surface area (Å²) >= 11 is 0. The van der Waals surface area contributed by atoms with Gasteiger partial charge in [-0.25, -0.2) is 0 Å². The molecule has 1 fully saturated rings. The first kappa shape index (κ1) is 10.9. The smallest absolute Gasteiger partial charge is 0.383 e. The molecule has 0 aliphatic carbocycles. The van der Waals surface area contributed by atoms with E-state index in [1.807, 2.05) is 0 Å². The van der Waals surface area contributed by atoms with Crippen molar-refractivity contribution in [3.63, 3.8) is 0 Å². The zero-order valence-electron chi connectivity index (χ0n) is 9.10. The molecule has 1 spiro atoms. The van der Waals surface area contributed by atoms with Crippen molar-refractivity contribution in [1.29, 1.82) is 0 Å². The molecule has 5 heteroatoms. The molecule has 1 aromatic carbocycles. The van der Waals surface area contributed by atoms with Crippen molar-refractivity contribution in [1.82, 2.24) is 0 Å². The summed E-state index contributed by atoms with van der Waals surface area (Å²) in [7, 11) is 0. The number of hydrogen-bond donors (Lipinski definition) is 1. The number of ether oxygens (including phenoxy) is 1. The van der Waals surface area contributed by atoms with Crippen LogP contribution in [0.25, 0.3) is 0 Å². The second kappa shape index (κ2) is 3.38. The van der Waals surface area contributed by atoms with Crippen LogP contribution in [0.5, 0.6) is 0 Å². The lowest BCUT2D eigenvalue weighted by Gasteiger charge is -2.21. The van der Waals surface area contributed by atoms with E-state index in [0.29, 0.717) is 19.8 Å². The molecule has 17 heavy (non-hydrogen) atoms. The van der Waals surface area contributed by atoms with Gasteiger partial charge in [0.1, 0.15) is 0 Å². The fourth-order valence-electron chi connectivity index (χ4n) is 2.73. The van der Waals surface area contributed by atoms with E-state index in [1.165, 1.54) is 6.07 Å². The van der Waals surface area contributed by atoms with E-state index >= 15 is 0 Å². The first-order valence-corrected chi connectivity index (χ1v) is 5.55. The van der Waals surface area contributed by atoms with Gasteiger partial charge >= 0.3 is 6.18 Å². The van der Waals surface area contributed by atoms with Crippen LogP contribution in [-0.4, -0.2) is 19.8 Å². The molecule has 0 amide bonds. The van der Waals surface area contributed by atoms with Crippen LogP contribution in [0.4, 0.5) is 18.9 Å². The van der Waals surface area contributed by atoms with Gasteiger partial charge in [-0.2, -0.15) is 13.2 Å². The fraction of sp³-hybridized carbons (Fsp3) is 0.500. The van der Waals surface area contributed by atoms with Crippen LogP contribution in [0.3, 0.4) is 0 Å². The maximum atomic E-state index is 12.8. The lowest BCUT2D eigenvalue weighted by Crippen LogP contribution is -2.28. The highest BCUT2D eigenvalue weighted by Crippen LogP contribution is 2.47. The van der Waals surface area contributed by atoms with Crippen molar-refractivity contribution >= 4 is 5.69 Å². The molecule has 0 saturated carbocycles. The molecule has 92 valence electrons. The van der Waals surface area contributed by atoms with E-state index < -0.39 is 11.7 Å². The standard InChI is InChI=1S/C12H12F3NO/c13-12(14,15)9-3-1-2-8-10(9)16-6-11(8)4-5-17-7-11/h1-3,16H,4-7H2. The molecule has 1 saturated heterocycles. The number of halogens is 3. The van der Waals surface area contributed by atoms with Gasteiger partial charge in [-0.1, -0.05) is 12.1 Å². The summed E-state index contributed by atoms with van der Waals surface area (Å²) in [6.07, 6.45) is -3.52. The summed E-state index contributed by atoms with van der Waals surface area (Å²) in [5.41, 5.74) is 0.172. The van der Waals surface area contributed by atoms with Gasteiger partial charge in [0.25, 0.3) is 0 Å². The Hall–Kier alpha value is -1.23. The molecule has 3 rings (SSSR count). The van der Waals surface area contributed by atoms with Gasteiger partial charge in [-0.3, -0.25) is 0 Å². The predicted molar refractivity (Wildman–Crippen MR) is 57.0 cm³/mol. The highest BCUT2D eigenvalue weighted by atomic mass is 19.4. The number of para-hydroxylation sites is 1. The van der Waals surface area contributed by atoms with Gasteiger partial charge in [0, 0.05) is 18.6 Å². The van der Waals surface area contributed by atoms with Gasteiger partial charge in [0.15, 0.2) is 0 Å². The second-order valence-corrected chi connectivity index (χ2v) is 4.66. The lowest BCUT2D eigenvalue weighted by molar-refractivity contribution is -0.136. The largest absolute Gasteiger partial charge is 0.418 e. The number of nitrogens with one attached hydrogen (secondary N) is 1. The number of fused-ring (bicyclic) bond motifs is 2. The minimum absolute atomic E-state index is 0.241. The summed E-state index contributed by atoms with van der Waals surface area (Å²) in [5, 5.41) is 2.91. The van der Waals surface area contributed by atoms with Crippen molar-refractivity contribution in [3.05, 3.63) is 29.3 Å². The van der Waals surface area contributed by atoms with E-state index in [1.54, 1.807) is 6.07 Å². The van der Waals surface area contributed by atoms with E-state index in [4.69, 9.17) is 4.74 Å². The summed E-state index contributed by atoms with van der Waals surface area (Å²) in [6, 6.07) is 4.38. The van der Waals surface area contributed by atoms with Crippen LogP contribution >= 0.6 is 0 Å². The minimum Gasteiger partial charge on any atom is -0.383 e. The molecule has 1 unspecified atom stereocenters. The zero-order valence-corrected chi connectivity index (χ0v) is 9.10. The maximum absolute atomic E-state index is 12.8. The lowest BCUT2D eigenvalue weighted by atomic mass is 9.81. The van der Waals surface area contributed by atoms with Crippen LogP contribution in [-0.2, 0) is 16.3 Å². The molecule has 2 aliphatic heterocycles. The first-order valence-electron chi connectivity index (χ1n) is 5.55. The van der Waals surface area contributed by atoms with Crippen LogP contribution < -0.4 is 5.32 Å². The third-order valence-corrected chi connectivity index (χ3v) is 3.65. The Bertz CT molecular complexity index is 450. The van der Waals surface area contributed by atoms with E-state index in [0.717, 1.165) is 18.1 Å². The first-order chi connectivity index (χ1) is 8.03. The van der Waals surface area contributed by atoms with E-state index in [2.05, 4.69) is 5.32 Å². The normalized spacial score (nSPS) is 27.2. The Labute approximate surface area is 96.8 Å². The van der Waals surface area contributed by atoms with Crippen molar-refractivity contribution in [3.8, 4) is 0 Å². The van der Waals surface area contributed by atoms with E-state index in [-0.39, 0.29) is 11.1 Å². The van der Waals surface area contributed by atoms with Gasteiger partial charge in [-0.15, -0.1) is 0 Å². The van der Waals surface area contributed by atoms with Gasteiger partial charge < -0.3 is 10.1 Å². The molecule has 0 bridgehead atoms. The monoisotopic (exact) mass is 243 g/mol. The molecule has 1 N–H and O–H groups in total. The summed E-state index contributed by atoms with van der Waals surface area (Å²) < 4.78 is 43.9. The SMILES string of the molecule is FC(F)(F)c1cccc2c1NCC21CCOC1. The third-order valence-electron chi connectivity index (χ3n) is 3.65. The average molecular weight is 243 g/mol. The number of alkyl halides is 3. The maximum Gasteiger partial charge on any atom is 0.418 e. The number of rotatable bonds is 0. The van der Waals surface area contributed by atoms with Crippen molar-refractivity contribution in [2.24, 2.45) is 0 Å². The van der Waals surface area contributed by atoms with Crippen molar-refractivity contribution in [2.75, 3.05) is 25.1 Å². The summed E-state index contributed by atoms with van der Waals surface area (Å²) in [4.78, 5) is 0. The Morgan fingerprint density at radius 3 is 2.76 bits per heavy atom. The fourth-order valence-corrected chi connectivity index (χ4v) is 2.73.